The van der Waals surface area contributed by atoms with Crippen LogP contribution in [0.3, 0.4) is 0 Å². The molecule has 0 aliphatic rings. The number of carbonyl (C=O) groups is 1. The van der Waals surface area contributed by atoms with Crippen LogP contribution in [0.5, 0.6) is 11.5 Å². The van der Waals surface area contributed by atoms with Crippen molar-refractivity contribution in [2.45, 2.75) is 12.8 Å². The van der Waals surface area contributed by atoms with Crippen molar-refractivity contribution in [2.75, 3.05) is 6.26 Å². The van der Waals surface area contributed by atoms with Gasteiger partial charge in [0.15, 0.2) is 5.12 Å². The van der Waals surface area contributed by atoms with Gasteiger partial charge >= 0.3 is 0 Å². The van der Waals surface area contributed by atoms with Gasteiger partial charge in [0, 0.05) is 0 Å². The van der Waals surface area contributed by atoms with E-state index in [1.807, 2.05) is 67.8 Å². The third-order valence-electron chi connectivity index (χ3n) is 2.89. The van der Waals surface area contributed by atoms with Gasteiger partial charge in [-0.1, -0.05) is 49.0 Å². The van der Waals surface area contributed by atoms with Gasteiger partial charge in [-0.15, -0.1) is 0 Å². The maximum atomic E-state index is 11.7. The van der Waals surface area contributed by atoms with Crippen LogP contribution in [0, 0.1) is 0 Å². The molecule has 0 saturated carbocycles. The van der Waals surface area contributed by atoms with Crippen molar-refractivity contribution >= 4 is 16.9 Å². The Morgan fingerprint density at radius 3 is 2.42 bits per heavy atom. The smallest absolute Gasteiger partial charge is 0.195 e. The van der Waals surface area contributed by atoms with E-state index in [-0.39, 0.29) is 11.0 Å². The molecule has 0 heterocycles. The number of benzene rings is 2. The Bertz CT molecular complexity index is 552. The Morgan fingerprint density at radius 1 is 1.05 bits per heavy atom. The number of ether oxygens (including phenoxy) is 1. The summed E-state index contributed by atoms with van der Waals surface area (Å²) < 4.78 is 5.76. The molecule has 0 aliphatic carbocycles. The highest BCUT2D eigenvalue weighted by Crippen LogP contribution is 2.27. The number of para-hydroxylation sites is 1. The molecule has 2 rings (SSSR count). The molecule has 19 heavy (non-hydrogen) atoms. The highest BCUT2D eigenvalue weighted by atomic mass is 32.2. The Hall–Kier alpha value is -1.74. The zero-order valence-electron chi connectivity index (χ0n) is 11.0. The van der Waals surface area contributed by atoms with Crippen LogP contribution in [0.15, 0.2) is 54.6 Å². The Labute approximate surface area is 117 Å². The molecule has 0 amide bonds. The number of thioether (sulfide) groups is 1. The van der Waals surface area contributed by atoms with Gasteiger partial charge in [0.25, 0.3) is 0 Å². The van der Waals surface area contributed by atoms with Gasteiger partial charge in [-0.05, 0) is 36.1 Å². The summed E-state index contributed by atoms with van der Waals surface area (Å²) in [4.78, 5) is 11.7. The highest BCUT2D eigenvalue weighted by molar-refractivity contribution is 8.13. The Morgan fingerprint density at radius 2 is 1.74 bits per heavy atom. The van der Waals surface area contributed by atoms with Crippen LogP contribution in [-0.4, -0.2) is 11.4 Å². The lowest BCUT2D eigenvalue weighted by Crippen LogP contribution is -2.04. The van der Waals surface area contributed by atoms with E-state index in [9.17, 15) is 4.79 Å². The average Bonchev–Trinajstić information content (AvgIpc) is 2.47. The largest absolute Gasteiger partial charge is 0.457 e. The summed E-state index contributed by atoms with van der Waals surface area (Å²) in [5.41, 5.74) is 0.979. The van der Waals surface area contributed by atoms with Crippen molar-refractivity contribution < 1.29 is 9.53 Å². The summed E-state index contributed by atoms with van der Waals surface area (Å²) in [5.74, 6) is 1.43. The number of rotatable bonds is 4. The lowest BCUT2D eigenvalue weighted by atomic mass is 10.0. The van der Waals surface area contributed by atoms with E-state index in [1.165, 1.54) is 11.8 Å². The predicted octanol–water partition coefficient (Wildman–Crippen LogP) is 4.47. The SMILES string of the molecule is CSC(=O)C(C)c1cccc(Oc2ccccc2)c1. The topological polar surface area (TPSA) is 26.3 Å². The maximum Gasteiger partial charge on any atom is 0.195 e. The van der Waals surface area contributed by atoms with Gasteiger partial charge in [-0.25, -0.2) is 0 Å². The molecule has 98 valence electrons. The van der Waals surface area contributed by atoms with Crippen LogP contribution in [0.4, 0.5) is 0 Å². The van der Waals surface area contributed by atoms with E-state index in [0.717, 1.165) is 17.1 Å². The van der Waals surface area contributed by atoms with Crippen LogP contribution in [0.2, 0.25) is 0 Å². The quantitative estimate of drug-likeness (QED) is 0.821. The fourth-order valence-corrected chi connectivity index (χ4v) is 2.27. The number of hydrogen-bond donors (Lipinski definition) is 0. The van der Waals surface area contributed by atoms with Crippen molar-refractivity contribution in [1.29, 1.82) is 0 Å². The molecule has 1 unspecified atom stereocenters. The fraction of sp³-hybridized carbons (Fsp3) is 0.188. The molecule has 0 spiro atoms. The number of hydrogen-bond acceptors (Lipinski definition) is 3. The molecule has 0 radical (unpaired) electrons. The molecule has 0 saturated heterocycles. The molecule has 1 atom stereocenters. The van der Waals surface area contributed by atoms with Gasteiger partial charge in [0.05, 0.1) is 5.92 Å². The second-order valence-corrected chi connectivity index (χ2v) is 5.04. The molecule has 0 N–H and O–H groups in total. The lowest BCUT2D eigenvalue weighted by Gasteiger charge is -2.11. The van der Waals surface area contributed by atoms with Crippen LogP contribution in [0.1, 0.15) is 18.4 Å². The zero-order valence-corrected chi connectivity index (χ0v) is 11.8. The molecule has 2 aromatic rings. The summed E-state index contributed by atoms with van der Waals surface area (Å²) in [6.07, 6.45) is 1.81. The molecule has 2 nitrogen and oxygen atoms in total. The van der Waals surface area contributed by atoms with Gasteiger partial charge in [-0.3, -0.25) is 4.79 Å². The van der Waals surface area contributed by atoms with Crippen LogP contribution < -0.4 is 4.74 Å². The summed E-state index contributed by atoms with van der Waals surface area (Å²) in [6, 6.07) is 17.3. The summed E-state index contributed by atoms with van der Waals surface area (Å²) in [7, 11) is 0. The minimum atomic E-state index is -0.116. The third-order valence-corrected chi connectivity index (χ3v) is 3.65. The maximum absolute atomic E-state index is 11.7. The monoisotopic (exact) mass is 272 g/mol. The van der Waals surface area contributed by atoms with Crippen molar-refractivity contribution in [2.24, 2.45) is 0 Å². The summed E-state index contributed by atoms with van der Waals surface area (Å²) >= 11 is 1.26. The molecule has 2 aromatic carbocycles. The zero-order chi connectivity index (χ0) is 13.7. The molecular formula is C16H16O2S. The first kappa shape index (κ1) is 13.7. The summed E-state index contributed by atoms with van der Waals surface area (Å²) in [5, 5.41) is 0.164. The standard InChI is InChI=1S/C16H16O2S/c1-12(16(17)19-2)13-7-6-10-15(11-13)18-14-8-4-3-5-9-14/h3-12H,1-2H3. The highest BCUT2D eigenvalue weighted by Gasteiger charge is 2.14. The van der Waals surface area contributed by atoms with Crippen LogP contribution >= 0.6 is 11.8 Å². The van der Waals surface area contributed by atoms with Crippen LogP contribution in [0.25, 0.3) is 0 Å². The predicted molar refractivity (Wildman–Crippen MR) is 79.9 cm³/mol. The Balaban J connectivity index is 2.18. The first-order valence-electron chi connectivity index (χ1n) is 6.11. The second kappa shape index (κ2) is 6.43. The minimum Gasteiger partial charge on any atom is -0.457 e. The van der Waals surface area contributed by atoms with Gasteiger partial charge < -0.3 is 4.74 Å². The van der Waals surface area contributed by atoms with E-state index in [2.05, 4.69) is 0 Å². The van der Waals surface area contributed by atoms with Crippen molar-refractivity contribution in [1.82, 2.24) is 0 Å². The molecule has 3 heteroatoms. The lowest BCUT2D eigenvalue weighted by molar-refractivity contribution is -0.111. The van der Waals surface area contributed by atoms with E-state index in [0.29, 0.717) is 0 Å². The van der Waals surface area contributed by atoms with Gasteiger partial charge in [0.1, 0.15) is 11.5 Å². The normalized spacial score (nSPS) is 11.9. The van der Waals surface area contributed by atoms with E-state index >= 15 is 0 Å². The van der Waals surface area contributed by atoms with Crippen molar-refractivity contribution in [3.63, 3.8) is 0 Å². The van der Waals surface area contributed by atoms with Crippen molar-refractivity contribution in [3.05, 3.63) is 60.2 Å². The molecule has 0 bridgehead atoms. The van der Waals surface area contributed by atoms with Gasteiger partial charge in [0.2, 0.25) is 0 Å². The second-order valence-electron chi connectivity index (χ2n) is 4.23. The minimum absolute atomic E-state index is 0.116. The summed E-state index contributed by atoms with van der Waals surface area (Å²) in [6.45, 7) is 1.92. The van der Waals surface area contributed by atoms with Crippen molar-refractivity contribution in [3.8, 4) is 11.5 Å². The Kier molecular flexibility index (Phi) is 4.63. The third kappa shape index (κ3) is 3.61. The fourth-order valence-electron chi connectivity index (χ4n) is 1.78. The molecule has 0 aliphatic heterocycles. The number of carbonyl (C=O) groups excluding carboxylic acids is 1. The van der Waals surface area contributed by atoms with Gasteiger partial charge in [-0.2, -0.15) is 0 Å². The molecule has 0 fully saturated rings. The van der Waals surface area contributed by atoms with Crippen LogP contribution in [-0.2, 0) is 4.79 Å². The van der Waals surface area contributed by atoms with E-state index < -0.39 is 0 Å². The first-order valence-corrected chi connectivity index (χ1v) is 7.34. The average molecular weight is 272 g/mol. The van der Waals surface area contributed by atoms with E-state index in [4.69, 9.17) is 4.74 Å². The first-order chi connectivity index (χ1) is 9.20. The molecule has 0 aromatic heterocycles. The molecular weight excluding hydrogens is 256 g/mol. The van der Waals surface area contributed by atoms with E-state index in [1.54, 1.807) is 0 Å².